The normalized spacial score (nSPS) is 33.4. The van der Waals surface area contributed by atoms with E-state index in [1.54, 1.807) is 0 Å². The molecule has 0 spiro atoms. The number of benzene rings is 1. The van der Waals surface area contributed by atoms with E-state index in [2.05, 4.69) is 24.1 Å². The summed E-state index contributed by atoms with van der Waals surface area (Å²) < 4.78 is 5.62. The van der Waals surface area contributed by atoms with E-state index in [4.69, 9.17) is 4.74 Å². The molecular weight excluding hydrogens is 264 g/mol. The predicted octanol–water partition coefficient (Wildman–Crippen LogP) is 2.46. The molecule has 1 N–H and O–H groups in total. The lowest BCUT2D eigenvalue weighted by Gasteiger charge is -2.37. The molecule has 0 radical (unpaired) electrons. The molecular formula is C17H24N2O2. The fourth-order valence-electron chi connectivity index (χ4n) is 3.51. The van der Waals surface area contributed by atoms with Crippen LogP contribution >= 0.6 is 0 Å². The highest BCUT2D eigenvalue weighted by Gasteiger charge is 2.43. The number of nitrogens with one attached hydrogen (secondary N) is 1. The van der Waals surface area contributed by atoms with Crippen molar-refractivity contribution in [3.8, 4) is 0 Å². The molecule has 1 aromatic rings. The van der Waals surface area contributed by atoms with Gasteiger partial charge in [0.15, 0.2) is 0 Å². The summed E-state index contributed by atoms with van der Waals surface area (Å²) >= 11 is 0. The molecule has 0 aromatic heterocycles. The highest BCUT2D eigenvalue weighted by atomic mass is 16.5. The van der Waals surface area contributed by atoms with Crippen LogP contribution < -0.4 is 5.32 Å². The Morgan fingerprint density at radius 2 is 2.10 bits per heavy atom. The molecule has 4 unspecified atom stereocenters. The molecule has 1 aromatic carbocycles. The molecule has 4 atom stereocenters. The third kappa shape index (κ3) is 2.83. The summed E-state index contributed by atoms with van der Waals surface area (Å²) in [6.45, 7) is 4.98. The van der Waals surface area contributed by atoms with Gasteiger partial charge in [-0.3, -0.25) is 10.1 Å². The molecule has 0 aliphatic carbocycles. The Morgan fingerprint density at radius 1 is 1.33 bits per heavy atom. The van der Waals surface area contributed by atoms with Gasteiger partial charge >= 0.3 is 0 Å². The van der Waals surface area contributed by atoms with E-state index < -0.39 is 0 Å². The average Bonchev–Trinajstić information content (AvgIpc) is 2.85. The van der Waals surface area contributed by atoms with Gasteiger partial charge in [0.05, 0.1) is 12.3 Å². The maximum atomic E-state index is 12.9. The van der Waals surface area contributed by atoms with Crippen molar-refractivity contribution in [3.05, 3.63) is 35.9 Å². The van der Waals surface area contributed by atoms with Gasteiger partial charge in [-0.05, 0) is 31.7 Å². The Morgan fingerprint density at radius 3 is 2.76 bits per heavy atom. The topological polar surface area (TPSA) is 41.6 Å². The van der Waals surface area contributed by atoms with E-state index in [-0.39, 0.29) is 24.2 Å². The minimum atomic E-state index is -0.200. The van der Waals surface area contributed by atoms with Crippen LogP contribution in [0.25, 0.3) is 0 Å². The van der Waals surface area contributed by atoms with E-state index in [1.165, 1.54) is 0 Å². The monoisotopic (exact) mass is 288 g/mol. The summed E-state index contributed by atoms with van der Waals surface area (Å²) in [6.07, 6.45) is 3.19. The summed E-state index contributed by atoms with van der Waals surface area (Å²) in [5.74, 6) is 0.215. The van der Waals surface area contributed by atoms with Crippen LogP contribution in [0.3, 0.4) is 0 Å². The fraction of sp³-hybridized carbons (Fsp3) is 0.588. The van der Waals surface area contributed by atoms with Crippen molar-refractivity contribution < 1.29 is 9.53 Å². The van der Waals surface area contributed by atoms with Gasteiger partial charge in [0.2, 0.25) is 5.91 Å². The second kappa shape index (κ2) is 6.16. The van der Waals surface area contributed by atoms with E-state index >= 15 is 0 Å². The van der Waals surface area contributed by atoms with Crippen molar-refractivity contribution in [2.24, 2.45) is 0 Å². The molecule has 2 aliphatic heterocycles. The van der Waals surface area contributed by atoms with Crippen molar-refractivity contribution >= 4 is 5.91 Å². The van der Waals surface area contributed by atoms with Crippen molar-refractivity contribution in [3.63, 3.8) is 0 Å². The van der Waals surface area contributed by atoms with Crippen LogP contribution in [0.4, 0.5) is 0 Å². The maximum Gasteiger partial charge on any atom is 0.245 e. The van der Waals surface area contributed by atoms with Gasteiger partial charge in [0, 0.05) is 12.6 Å². The van der Waals surface area contributed by atoms with Gasteiger partial charge in [0.1, 0.15) is 6.04 Å². The zero-order chi connectivity index (χ0) is 14.8. The highest BCUT2D eigenvalue weighted by Crippen LogP contribution is 2.31. The van der Waals surface area contributed by atoms with Gasteiger partial charge in [-0.2, -0.15) is 0 Å². The van der Waals surface area contributed by atoms with Crippen LogP contribution in [0.2, 0.25) is 0 Å². The number of amides is 1. The summed E-state index contributed by atoms with van der Waals surface area (Å²) in [6, 6.07) is 10.1. The molecule has 21 heavy (non-hydrogen) atoms. The Hall–Kier alpha value is -1.39. The third-order valence-corrected chi connectivity index (χ3v) is 4.57. The number of hydrogen-bond donors (Lipinski definition) is 1. The second-order valence-electron chi connectivity index (χ2n) is 6.04. The van der Waals surface area contributed by atoms with Crippen LogP contribution in [0.5, 0.6) is 0 Å². The molecule has 0 bridgehead atoms. The third-order valence-electron chi connectivity index (χ3n) is 4.57. The van der Waals surface area contributed by atoms with Crippen molar-refractivity contribution in [2.45, 2.75) is 57.5 Å². The number of ether oxygens (including phenoxy) is 1. The molecule has 1 amide bonds. The van der Waals surface area contributed by atoms with Crippen LogP contribution in [0.1, 0.15) is 44.7 Å². The lowest BCUT2D eigenvalue weighted by molar-refractivity contribution is -0.135. The SMILES string of the molecule is CCC1NC(c2ccccc2)C(=O)N1C1CCOC(C)C1. The van der Waals surface area contributed by atoms with Crippen LogP contribution in [0.15, 0.2) is 30.3 Å². The molecule has 2 aliphatic rings. The molecule has 2 heterocycles. The summed E-state index contributed by atoms with van der Waals surface area (Å²) in [5, 5.41) is 3.50. The number of rotatable bonds is 3. The minimum absolute atomic E-state index is 0.137. The molecule has 4 heteroatoms. The average molecular weight is 288 g/mol. The highest BCUT2D eigenvalue weighted by molar-refractivity contribution is 5.86. The van der Waals surface area contributed by atoms with E-state index in [1.807, 2.05) is 30.3 Å². The summed E-state index contributed by atoms with van der Waals surface area (Å²) in [4.78, 5) is 15.0. The minimum Gasteiger partial charge on any atom is -0.378 e. The molecule has 0 saturated carbocycles. The largest absolute Gasteiger partial charge is 0.378 e. The summed E-state index contributed by atoms with van der Waals surface area (Å²) in [7, 11) is 0. The first-order valence-corrected chi connectivity index (χ1v) is 7.95. The van der Waals surface area contributed by atoms with Gasteiger partial charge < -0.3 is 9.64 Å². The van der Waals surface area contributed by atoms with Crippen LogP contribution in [-0.2, 0) is 9.53 Å². The standard InChI is InChI=1S/C17H24N2O2/c1-3-15-18-16(13-7-5-4-6-8-13)17(20)19(15)14-9-10-21-12(2)11-14/h4-8,12,14-16,18H,3,9-11H2,1-2H3. The predicted molar refractivity (Wildman–Crippen MR) is 81.7 cm³/mol. The molecule has 2 saturated heterocycles. The van der Waals surface area contributed by atoms with E-state index in [0.29, 0.717) is 6.04 Å². The Kier molecular flexibility index (Phi) is 4.27. The fourth-order valence-corrected chi connectivity index (χ4v) is 3.51. The van der Waals surface area contributed by atoms with Gasteiger partial charge in [-0.25, -0.2) is 0 Å². The van der Waals surface area contributed by atoms with Crippen LogP contribution in [-0.4, -0.2) is 35.7 Å². The lowest BCUT2D eigenvalue weighted by atomic mass is 10.0. The smallest absolute Gasteiger partial charge is 0.245 e. The van der Waals surface area contributed by atoms with Gasteiger partial charge in [-0.1, -0.05) is 37.3 Å². The number of carbonyl (C=O) groups excluding carboxylic acids is 1. The molecule has 4 nitrogen and oxygen atoms in total. The zero-order valence-corrected chi connectivity index (χ0v) is 12.8. The van der Waals surface area contributed by atoms with Crippen LogP contribution in [0, 0.1) is 0 Å². The molecule has 3 rings (SSSR count). The van der Waals surface area contributed by atoms with Crippen molar-refractivity contribution in [1.29, 1.82) is 0 Å². The van der Waals surface area contributed by atoms with E-state index in [9.17, 15) is 4.79 Å². The number of hydrogen-bond acceptors (Lipinski definition) is 3. The molecule has 114 valence electrons. The van der Waals surface area contributed by atoms with Gasteiger partial charge in [0.25, 0.3) is 0 Å². The first kappa shape index (κ1) is 14.5. The van der Waals surface area contributed by atoms with Crippen molar-refractivity contribution in [2.75, 3.05) is 6.61 Å². The first-order valence-electron chi connectivity index (χ1n) is 7.95. The van der Waals surface area contributed by atoms with Gasteiger partial charge in [-0.15, -0.1) is 0 Å². The summed E-state index contributed by atoms with van der Waals surface area (Å²) in [5.41, 5.74) is 1.06. The van der Waals surface area contributed by atoms with Crippen molar-refractivity contribution in [1.82, 2.24) is 10.2 Å². The number of carbonyl (C=O) groups is 1. The number of nitrogens with zero attached hydrogens (tertiary/aromatic N) is 1. The maximum absolute atomic E-state index is 12.9. The quantitative estimate of drug-likeness (QED) is 0.929. The lowest BCUT2D eigenvalue weighted by Crippen LogP contribution is -2.48. The molecule has 2 fully saturated rings. The Balaban J connectivity index is 1.81. The van der Waals surface area contributed by atoms with E-state index in [0.717, 1.165) is 31.4 Å². The zero-order valence-electron chi connectivity index (χ0n) is 12.8. The Bertz CT molecular complexity index is 491. The first-order chi connectivity index (χ1) is 10.2. The Labute approximate surface area is 126 Å². The second-order valence-corrected chi connectivity index (χ2v) is 6.04.